The van der Waals surface area contributed by atoms with Gasteiger partial charge in [-0.25, -0.2) is 0 Å². The average molecular weight is 415 g/mol. The molecule has 6 nitrogen and oxygen atoms in total. The van der Waals surface area contributed by atoms with Gasteiger partial charge in [0, 0.05) is 23.7 Å². The first kappa shape index (κ1) is 20.9. The Morgan fingerprint density at radius 1 is 1.24 bits per heavy atom. The molecule has 2 atom stereocenters. The molecule has 1 N–H and O–H groups in total. The molecule has 1 aliphatic heterocycles. The van der Waals surface area contributed by atoms with Crippen molar-refractivity contribution in [2.75, 3.05) is 18.1 Å². The van der Waals surface area contributed by atoms with Crippen molar-refractivity contribution in [2.45, 2.75) is 26.3 Å². The molecule has 0 bridgehead atoms. The lowest BCUT2D eigenvalue weighted by molar-refractivity contribution is -0.152. The molecule has 7 heteroatoms. The van der Waals surface area contributed by atoms with Gasteiger partial charge in [0.2, 0.25) is 5.91 Å². The molecule has 1 fully saturated rings. The number of nitrogens with one attached hydrogen (secondary N) is 1. The van der Waals surface area contributed by atoms with Crippen LogP contribution in [0.1, 0.15) is 30.5 Å². The molecule has 0 radical (unpaired) electrons. The monoisotopic (exact) mass is 414 g/mol. The van der Waals surface area contributed by atoms with E-state index >= 15 is 0 Å². The van der Waals surface area contributed by atoms with Crippen LogP contribution in [-0.2, 0) is 19.1 Å². The summed E-state index contributed by atoms with van der Waals surface area (Å²) in [6, 6.07) is 14.6. The predicted molar refractivity (Wildman–Crippen MR) is 111 cm³/mol. The third-order valence-corrected chi connectivity index (χ3v) is 5.36. The predicted octanol–water partition coefficient (Wildman–Crippen LogP) is 3.42. The minimum absolute atomic E-state index is 0.0480. The smallest absolute Gasteiger partial charge is 0.311 e. The van der Waals surface area contributed by atoms with Gasteiger partial charge in [0.1, 0.15) is 0 Å². The minimum Gasteiger partial charge on any atom is -0.455 e. The standard InChI is InChI=1S/C22H23ClN2O4/c1-14-8-9-18(11-19(14)23)25-12-17(10-21(25)27)22(28)29-13-20(26)24-15(2)16-6-4-3-5-7-16/h3-9,11,15,17H,10,12-13H2,1-2H3,(H,24,26)/t15-,17-/m0/s1. The molecule has 0 unspecified atom stereocenters. The Bertz CT molecular complexity index is 916. The van der Waals surface area contributed by atoms with Crippen molar-refractivity contribution < 1.29 is 19.1 Å². The van der Waals surface area contributed by atoms with Gasteiger partial charge in [-0.15, -0.1) is 0 Å². The quantitative estimate of drug-likeness (QED) is 0.735. The maximum absolute atomic E-state index is 12.3. The van der Waals surface area contributed by atoms with Crippen LogP contribution in [0.4, 0.5) is 5.69 Å². The van der Waals surface area contributed by atoms with Crippen LogP contribution in [0.5, 0.6) is 0 Å². The lowest BCUT2D eigenvalue weighted by Crippen LogP contribution is -2.32. The molecule has 2 amide bonds. The third kappa shape index (κ3) is 5.15. The van der Waals surface area contributed by atoms with Crippen molar-refractivity contribution in [1.82, 2.24) is 5.32 Å². The van der Waals surface area contributed by atoms with E-state index in [2.05, 4.69) is 5.32 Å². The van der Waals surface area contributed by atoms with E-state index in [0.717, 1.165) is 11.1 Å². The molecule has 1 aliphatic rings. The van der Waals surface area contributed by atoms with Gasteiger partial charge in [-0.05, 0) is 37.1 Å². The normalized spacial score (nSPS) is 17.1. The second-order valence-electron chi connectivity index (χ2n) is 7.15. The Hall–Kier alpha value is -2.86. The zero-order valence-electron chi connectivity index (χ0n) is 16.4. The summed E-state index contributed by atoms with van der Waals surface area (Å²) in [4.78, 5) is 38.3. The highest BCUT2D eigenvalue weighted by Crippen LogP contribution is 2.29. The number of carbonyl (C=O) groups excluding carboxylic acids is 3. The molecule has 1 heterocycles. The topological polar surface area (TPSA) is 75.7 Å². The lowest BCUT2D eigenvalue weighted by Gasteiger charge is -2.17. The number of halogens is 1. The number of amides is 2. The maximum Gasteiger partial charge on any atom is 0.311 e. The molecule has 29 heavy (non-hydrogen) atoms. The molecule has 0 aliphatic carbocycles. The molecule has 3 rings (SSSR count). The van der Waals surface area contributed by atoms with E-state index in [1.807, 2.05) is 50.2 Å². The highest BCUT2D eigenvalue weighted by atomic mass is 35.5. The van der Waals surface area contributed by atoms with Gasteiger partial charge in [-0.3, -0.25) is 14.4 Å². The minimum atomic E-state index is -0.609. The second kappa shape index (κ2) is 9.09. The summed E-state index contributed by atoms with van der Waals surface area (Å²) in [6.07, 6.45) is 0.0480. The molecular weight excluding hydrogens is 392 g/mol. The first-order valence-electron chi connectivity index (χ1n) is 9.42. The average Bonchev–Trinajstić information content (AvgIpc) is 3.10. The van der Waals surface area contributed by atoms with Crippen molar-refractivity contribution in [3.8, 4) is 0 Å². The highest BCUT2D eigenvalue weighted by Gasteiger charge is 2.36. The first-order chi connectivity index (χ1) is 13.8. The summed E-state index contributed by atoms with van der Waals surface area (Å²) in [5.41, 5.74) is 2.52. The fourth-order valence-corrected chi connectivity index (χ4v) is 3.40. The fourth-order valence-electron chi connectivity index (χ4n) is 3.23. The summed E-state index contributed by atoms with van der Waals surface area (Å²) < 4.78 is 5.14. The van der Waals surface area contributed by atoms with Crippen LogP contribution in [0.15, 0.2) is 48.5 Å². The van der Waals surface area contributed by atoms with E-state index in [9.17, 15) is 14.4 Å². The second-order valence-corrected chi connectivity index (χ2v) is 7.55. The van der Waals surface area contributed by atoms with Crippen LogP contribution in [0.3, 0.4) is 0 Å². The van der Waals surface area contributed by atoms with Crippen molar-refractivity contribution in [3.63, 3.8) is 0 Å². The number of esters is 1. The van der Waals surface area contributed by atoms with E-state index in [4.69, 9.17) is 16.3 Å². The number of benzene rings is 2. The van der Waals surface area contributed by atoms with Crippen LogP contribution < -0.4 is 10.2 Å². The van der Waals surface area contributed by atoms with Gasteiger partial charge in [-0.2, -0.15) is 0 Å². The van der Waals surface area contributed by atoms with Crippen LogP contribution in [-0.4, -0.2) is 30.9 Å². The summed E-state index contributed by atoms with van der Waals surface area (Å²) >= 11 is 6.14. The van der Waals surface area contributed by atoms with Crippen molar-refractivity contribution in [1.29, 1.82) is 0 Å². The molecular formula is C22H23ClN2O4. The number of carbonyl (C=O) groups is 3. The van der Waals surface area contributed by atoms with Gasteiger partial charge in [0.15, 0.2) is 6.61 Å². The highest BCUT2D eigenvalue weighted by molar-refractivity contribution is 6.31. The van der Waals surface area contributed by atoms with Gasteiger partial charge >= 0.3 is 5.97 Å². The number of hydrogen-bond donors (Lipinski definition) is 1. The SMILES string of the molecule is Cc1ccc(N2C[C@@H](C(=O)OCC(=O)N[C@@H](C)c3ccccc3)CC2=O)cc1Cl. The van der Waals surface area contributed by atoms with E-state index in [0.29, 0.717) is 10.7 Å². The van der Waals surface area contributed by atoms with Gasteiger partial charge < -0.3 is 15.0 Å². The van der Waals surface area contributed by atoms with Crippen LogP contribution in [0.2, 0.25) is 5.02 Å². The van der Waals surface area contributed by atoms with Gasteiger partial charge in [-0.1, -0.05) is 48.0 Å². The summed E-state index contributed by atoms with van der Waals surface area (Å²) in [5, 5.41) is 3.35. The number of aryl methyl sites for hydroxylation is 1. The molecule has 0 spiro atoms. The van der Waals surface area contributed by atoms with Crippen LogP contribution in [0.25, 0.3) is 0 Å². The molecule has 1 saturated heterocycles. The summed E-state index contributed by atoms with van der Waals surface area (Å²) in [5.74, 6) is -1.72. The third-order valence-electron chi connectivity index (χ3n) is 4.95. The Balaban J connectivity index is 1.51. The summed E-state index contributed by atoms with van der Waals surface area (Å²) in [6.45, 7) is 3.56. The fraction of sp³-hybridized carbons (Fsp3) is 0.318. The van der Waals surface area contributed by atoms with Crippen molar-refractivity contribution in [3.05, 3.63) is 64.7 Å². The molecule has 152 valence electrons. The van der Waals surface area contributed by atoms with Crippen molar-refractivity contribution in [2.24, 2.45) is 5.92 Å². The van der Waals surface area contributed by atoms with E-state index < -0.39 is 11.9 Å². The largest absolute Gasteiger partial charge is 0.455 e. The first-order valence-corrected chi connectivity index (χ1v) is 9.80. The van der Waals surface area contributed by atoms with E-state index in [-0.39, 0.29) is 37.4 Å². The maximum atomic E-state index is 12.3. The van der Waals surface area contributed by atoms with Gasteiger partial charge in [0.25, 0.3) is 5.91 Å². The number of anilines is 1. The molecule has 0 aromatic heterocycles. The number of nitrogens with zero attached hydrogens (tertiary/aromatic N) is 1. The Morgan fingerprint density at radius 2 is 1.97 bits per heavy atom. The van der Waals surface area contributed by atoms with Crippen molar-refractivity contribution >= 4 is 35.1 Å². The number of rotatable bonds is 6. The Kier molecular flexibility index (Phi) is 6.54. The molecule has 2 aromatic rings. The van der Waals surface area contributed by atoms with Crippen LogP contribution >= 0.6 is 11.6 Å². The zero-order valence-corrected chi connectivity index (χ0v) is 17.1. The number of ether oxygens (including phenoxy) is 1. The number of hydrogen-bond acceptors (Lipinski definition) is 4. The zero-order chi connectivity index (χ0) is 21.0. The van der Waals surface area contributed by atoms with E-state index in [1.54, 1.807) is 12.1 Å². The summed E-state index contributed by atoms with van der Waals surface area (Å²) in [7, 11) is 0. The molecule has 2 aromatic carbocycles. The van der Waals surface area contributed by atoms with Gasteiger partial charge in [0.05, 0.1) is 12.0 Å². The van der Waals surface area contributed by atoms with E-state index in [1.165, 1.54) is 4.90 Å². The Morgan fingerprint density at radius 3 is 2.66 bits per heavy atom. The Labute approximate surface area is 174 Å². The molecule has 0 saturated carbocycles. The van der Waals surface area contributed by atoms with Crippen LogP contribution in [0, 0.1) is 12.8 Å². The lowest BCUT2D eigenvalue weighted by atomic mass is 10.1.